The van der Waals surface area contributed by atoms with Gasteiger partial charge in [0.05, 0.1) is 15.7 Å². The van der Waals surface area contributed by atoms with Crippen LogP contribution in [0.1, 0.15) is 11.1 Å². The third-order valence-corrected chi connectivity index (χ3v) is 5.25. The summed E-state index contributed by atoms with van der Waals surface area (Å²) in [4.78, 5) is -0.0483. The van der Waals surface area contributed by atoms with Crippen LogP contribution in [0.25, 0.3) is 0 Å². The standard InChI is InChI=1S/C14H12Cl2FNO2S/c15-12-5-9(7-18)1-2-10(12)8-21(19,20)11-3-4-14(17)13(16)6-11/h1-6H,7-8,18H2. The molecule has 3 nitrogen and oxygen atoms in total. The van der Waals surface area contributed by atoms with Crippen LogP contribution >= 0.6 is 23.2 Å². The molecule has 0 radical (unpaired) electrons. The number of nitrogens with two attached hydrogens (primary N) is 1. The van der Waals surface area contributed by atoms with E-state index in [1.54, 1.807) is 18.2 Å². The van der Waals surface area contributed by atoms with E-state index in [1.165, 1.54) is 6.07 Å². The van der Waals surface area contributed by atoms with Crippen molar-refractivity contribution in [2.24, 2.45) is 5.73 Å². The Morgan fingerprint density at radius 2 is 1.76 bits per heavy atom. The van der Waals surface area contributed by atoms with Crippen LogP contribution in [0.15, 0.2) is 41.3 Å². The van der Waals surface area contributed by atoms with E-state index in [-0.39, 0.29) is 15.7 Å². The van der Waals surface area contributed by atoms with Crippen LogP contribution in [0.4, 0.5) is 4.39 Å². The van der Waals surface area contributed by atoms with Crippen LogP contribution in [-0.4, -0.2) is 8.42 Å². The fourth-order valence-electron chi connectivity index (χ4n) is 1.79. The zero-order valence-corrected chi connectivity index (χ0v) is 13.1. The molecule has 0 saturated carbocycles. The van der Waals surface area contributed by atoms with E-state index >= 15 is 0 Å². The molecule has 7 heteroatoms. The molecule has 0 bridgehead atoms. The van der Waals surface area contributed by atoms with Crippen molar-refractivity contribution in [2.45, 2.75) is 17.2 Å². The van der Waals surface area contributed by atoms with Gasteiger partial charge < -0.3 is 5.73 Å². The van der Waals surface area contributed by atoms with Gasteiger partial charge in [-0.2, -0.15) is 0 Å². The largest absolute Gasteiger partial charge is 0.326 e. The molecule has 0 aliphatic heterocycles. The lowest BCUT2D eigenvalue weighted by Crippen LogP contribution is -2.06. The Labute approximate surface area is 132 Å². The Balaban J connectivity index is 2.35. The molecule has 0 aliphatic carbocycles. The lowest BCUT2D eigenvalue weighted by Gasteiger charge is -2.08. The molecule has 2 rings (SSSR count). The summed E-state index contributed by atoms with van der Waals surface area (Å²) in [6.07, 6.45) is 0. The molecule has 0 unspecified atom stereocenters. The second kappa shape index (κ2) is 6.32. The minimum Gasteiger partial charge on any atom is -0.326 e. The summed E-state index contributed by atoms with van der Waals surface area (Å²) >= 11 is 11.7. The van der Waals surface area contributed by atoms with E-state index in [4.69, 9.17) is 28.9 Å². The van der Waals surface area contributed by atoms with Gasteiger partial charge in [-0.1, -0.05) is 35.3 Å². The molecule has 0 amide bonds. The van der Waals surface area contributed by atoms with Crippen molar-refractivity contribution in [3.8, 4) is 0 Å². The van der Waals surface area contributed by atoms with Gasteiger partial charge in [-0.25, -0.2) is 12.8 Å². The molecule has 0 saturated heterocycles. The van der Waals surface area contributed by atoms with Gasteiger partial charge >= 0.3 is 0 Å². The van der Waals surface area contributed by atoms with Gasteiger partial charge in [0.1, 0.15) is 5.82 Å². The average Bonchev–Trinajstić information content (AvgIpc) is 2.43. The lowest BCUT2D eigenvalue weighted by molar-refractivity contribution is 0.594. The molecule has 112 valence electrons. The Kier molecular flexibility index (Phi) is 4.88. The number of hydrogen-bond acceptors (Lipinski definition) is 3. The Morgan fingerprint density at radius 1 is 1.05 bits per heavy atom. The summed E-state index contributed by atoms with van der Waals surface area (Å²) in [5, 5.41) is 0.0929. The summed E-state index contributed by atoms with van der Waals surface area (Å²) in [5.74, 6) is -0.959. The summed E-state index contributed by atoms with van der Waals surface area (Å²) in [6.45, 7) is 0.320. The Hall–Kier alpha value is -1.14. The minimum absolute atomic E-state index is 0.0483. The van der Waals surface area contributed by atoms with Crippen molar-refractivity contribution in [3.05, 3.63) is 63.4 Å². The van der Waals surface area contributed by atoms with E-state index in [0.717, 1.165) is 17.7 Å². The third kappa shape index (κ3) is 3.74. The van der Waals surface area contributed by atoms with Crippen molar-refractivity contribution < 1.29 is 12.8 Å². The van der Waals surface area contributed by atoms with Crippen LogP contribution in [0, 0.1) is 5.82 Å². The summed E-state index contributed by atoms with van der Waals surface area (Å²) < 4.78 is 37.7. The summed E-state index contributed by atoms with van der Waals surface area (Å²) in [7, 11) is -3.66. The molecule has 0 atom stereocenters. The van der Waals surface area contributed by atoms with Gasteiger partial charge in [-0.3, -0.25) is 0 Å². The SMILES string of the molecule is NCc1ccc(CS(=O)(=O)c2ccc(F)c(Cl)c2)c(Cl)c1. The predicted molar refractivity (Wildman–Crippen MR) is 81.6 cm³/mol. The molecular weight excluding hydrogens is 336 g/mol. The number of rotatable bonds is 4. The first-order valence-corrected chi connectivity index (χ1v) is 8.39. The minimum atomic E-state index is -3.66. The zero-order chi connectivity index (χ0) is 15.6. The first-order valence-electron chi connectivity index (χ1n) is 5.98. The van der Waals surface area contributed by atoms with E-state index in [2.05, 4.69) is 0 Å². The average molecular weight is 348 g/mol. The van der Waals surface area contributed by atoms with Crippen LogP contribution < -0.4 is 5.73 Å². The van der Waals surface area contributed by atoms with Crippen LogP contribution in [0.5, 0.6) is 0 Å². The van der Waals surface area contributed by atoms with Crippen molar-refractivity contribution in [1.82, 2.24) is 0 Å². The highest BCUT2D eigenvalue weighted by Crippen LogP contribution is 2.25. The molecule has 2 N–H and O–H groups in total. The van der Waals surface area contributed by atoms with Gasteiger partial charge in [0, 0.05) is 11.6 Å². The quantitative estimate of drug-likeness (QED) is 0.860. The van der Waals surface area contributed by atoms with Gasteiger partial charge in [-0.15, -0.1) is 0 Å². The second-order valence-electron chi connectivity index (χ2n) is 4.46. The molecular formula is C14H12Cl2FNO2S. The maximum atomic E-state index is 13.1. The molecule has 0 aromatic heterocycles. The topological polar surface area (TPSA) is 60.2 Å². The van der Waals surface area contributed by atoms with Gasteiger partial charge in [0.25, 0.3) is 0 Å². The van der Waals surface area contributed by atoms with Crippen molar-refractivity contribution in [2.75, 3.05) is 0 Å². The molecule has 0 fully saturated rings. The monoisotopic (exact) mass is 347 g/mol. The number of sulfone groups is 1. The van der Waals surface area contributed by atoms with Gasteiger partial charge in [-0.05, 0) is 35.4 Å². The third-order valence-electron chi connectivity index (χ3n) is 2.95. The maximum Gasteiger partial charge on any atom is 0.182 e. The van der Waals surface area contributed by atoms with Crippen LogP contribution in [-0.2, 0) is 22.1 Å². The molecule has 0 aliphatic rings. The van der Waals surface area contributed by atoms with Crippen molar-refractivity contribution in [1.29, 1.82) is 0 Å². The normalized spacial score (nSPS) is 11.6. The highest BCUT2D eigenvalue weighted by molar-refractivity contribution is 7.90. The van der Waals surface area contributed by atoms with Gasteiger partial charge in [0.15, 0.2) is 9.84 Å². The maximum absolute atomic E-state index is 13.1. The molecule has 2 aromatic carbocycles. The van der Waals surface area contributed by atoms with Gasteiger partial charge in [0.2, 0.25) is 0 Å². The lowest BCUT2D eigenvalue weighted by atomic mass is 10.1. The zero-order valence-electron chi connectivity index (χ0n) is 10.8. The summed E-state index contributed by atoms with van der Waals surface area (Å²) in [6, 6.07) is 8.26. The van der Waals surface area contributed by atoms with Crippen molar-refractivity contribution >= 4 is 33.0 Å². The smallest absolute Gasteiger partial charge is 0.182 e. The fraction of sp³-hybridized carbons (Fsp3) is 0.143. The first kappa shape index (κ1) is 16.2. The van der Waals surface area contributed by atoms with Crippen LogP contribution in [0.2, 0.25) is 10.0 Å². The number of halogens is 3. The van der Waals surface area contributed by atoms with Crippen LogP contribution in [0.3, 0.4) is 0 Å². The number of hydrogen-bond donors (Lipinski definition) is 1. The fourth-order valence-corrected chi connectivity index (χ4v) is 3.79. The number of benzene rings is 2. The molecule has 2 aromatic rings. The van der Waals surface area contributed by atoms with E-state index in [1.807, 2.05) is 0 Å². The van der Waals surface area contributed by atoms with E-state index in [0.29, 0.717) is 17.1 Å². The molecule has 0 heterocycles. The highest BCUT2D eigenvalue weighted by Gasteiger charge is 2.18. The molecule has 0 spiro atoms. The Bertz CT molecular complexity index is 779. The van der Waals surface area contributed by atoms with E-state index in [9.17, 15) is 12.8 Å². The second-order valence-corrected chi connectivity index (χ2v) is 7.27. The Morgan fingerprint density at radius 3 is 2.33 bits per heavy atom. The predicted octanol–water partition coefficient (Wildman–Crippen LogP) is 3.57. The van der Waals surface area contributed by atoms with Crippen molar-refractivity contribution in [3.63, 3.8) is 0 Å². The molecule has 21 heavy (non-hydrogen) atoms. The summed E-state index contributed by atoms with van der Waals surface area (Å²) in [5.41, 5.74) is 6.75. The van der Waals surface area contributed by atoms with E-state index < -0.39 is 15.7 Å². The first-order chi connectivity index (χ1) is 9.83. The highest BCUT2D eigenvalue weighted by atomic mass is 35.5.